The number of carbonyl (C=O) groups excluding carboxylic acids is 4. The van der Waals surface area contributed by atoms with Crippen LogP contribution in [0.4, 0.5) is 4.79 Å². The van der Waals surface area contributed by atoms with Gasteiger partial charge in [-0.1, -0.05) is 57.2 Å². The largest absolute Gasteiger partial charge is 0.446 e. The molecule has 3 unspecified atom stereocenters. The van der Waals surface area contributed by atoms with E-state index in [-0.39, 0.29) is 48.1 Å². The molecule has 2 saturated heterocycles. The fourth-order valence-electron chi connectivity index (χ4n) is 9.20. The zero-order valence-corrected chi connectivity index (χ0v) is 38.2. The van der Waals surface area contributed by atoms with Crippen molar-refractivity contribution in [2.24, 2.45) is 35.1 Å². The number of allylic oxidation sites excluding steroid dienone is 6. The first kappa shape index (κ1) is 52.1. The molecule has 0 radical (unpaired) electrons. The van der Waals surface area contributed by atoms with E-state index in [2.05, 4.69) is 0 Å². The Bertz CT molecular complexity index is 1500. The number of aliphatic hydroxyl groups is 2. The van der Waals surface area contributed by atoms with Gasteiger partial charge in [-0.05, 0) is 133 Å². The van der Waals surface area contributed by atoms with E-state index < -0.39 is 42.0 Å². The van der Waals surface area contributed by atoms with Crippen LogP contribution in [0.15, 0.2) is 47.6 Å². The third-order valence-electron chi connectivity index (χ3n) is 13.0. The third-order valence-corrected chi connectivity index (χ3v) is 13.0. The van der Waals surface area contributed by atoms with Gasteiger partial charge in [0.15, 0.2) is 5.78 Å². The van der Waals surface area contributed by atoms with Gasteiger partial charge in [-0.25, -0.2) is 4.79 Å². The van der Waals surface area contributed by atoms with Crippen molar-refractivity contribution in [3.63, 3.8) is 0 Å². The lowest BCUT2D eigenvalue weighted by Crippen LogP contribution is -2.46. The number of primary amides is 1. The summed E-state index contributed by atoms with van der Waals surface area (Å²) in [6.07, 6.45) is 18.9. The molecule has 0 aromatic rings. The Kier molecular flexibility index (Phi) is 23.2. The van der Waals surface area contributed by atoms with E-state index in [0.29, 0.717) is 43.8 Å². The summed E-state index contributed by atoms with van der Waals surface area (Å²) >= 11 is 0. The minimum atomic E-state index is -1.52. The van der Waals surface area contributed by atoms with Crippen molar-refractivity contribution in [3.8, 4) is 0 Å². The molecule has 2 heterocycles. The van der Waals surface area contributed by atoms with Crippen LogP contribution in [-0.2, 0) is 33.3 Å². The fourth-order valence-corrected chi connectivity index (χ4v) is 9.20. The van der Waals surface area contributed by atoms with E-state index >= 15 is 0 Å². The third kappa shape index (κ3) is 17.8. The lowest BCUT2D eigenvalue weighted by atomic mass is 9.82. The summed E-state index contributed by atoms with van der Waals surface area (Å²) in [7, 11) is 3.33. The highest BCUT2D eigenvalue weighted by Gasteiger charge is 2.36. The number of hydrogen-bond donors (Lipinski definition) is 4. The molecule has 0 aromatic carbocycles. The van der Waals surface area contributed by atoms with Gasteiger partial charge in [0, 0.05) is 45.7 Å². The van der Waals surface area contributed by atoms with Gasteiger partial charge in [0.1, 0.15) is 24.4 Å². The monoisotopic (exact) mass is 858 g/mol. The number of hydrogen-bond acceptors (Lipinski definition) is 11. The average molecular weight is 858 g/mol. The number of ketones is 2. The van der Waals surface area contributed by atoms with Crippen LogP contribution in [0.3, 0.4) is 0 Å². The maximum Gasteiger partial charge on any atom is 0.404 e. The lowest BCUT2D eigenvalue weighted by molar-refractivity contribution is -0.157. The number of rotatable bonds is 24. The number of aliphatic hydroxyl groups excluding tert-OH is 2. The van der Waals surface area contributed by atoms with Gasteiger partial charge in [-0.2, -0.15) is 0 Å². The van der Waals surface area contributed by atoms with Gasteiger partial charge in [0.25, 0.3) is 5.91 Å². The van der Waals surface area contributed by atoms with Crippen molar-refractivity contribution < 1.29 is 48.3 Å². The van der Waals surface area contributed by atoms with Crippen LogP contribution in [0, 0.1) is 23.7 Å². The molecule has 0 bridgehead atoms. The predicted molar refractivity (Wildman–Crippen MR) is 237 cm³/mol. The standard InChI is InChI=1S/C48H79N3O10/c1-31(15-10-8-11-16-33(3)42(59-7)30-38-17-14-18-41(60-38)45(54)47(56)51-25-12-9-13-26-51)27-34(4)43(52)46(55)44(53)35(5)28-32(2)19-24-40(58-6)39(49)29-36-20-22-37(23-21-36)61-48(50)57/h8,10-11,15-16,28,31-32,34,36-42,44,46,53,55H,9,12-14,17-27,29-30,49H2,1-7H3,(H2,50,57)/b11-8+,15-10+,33-16+,35-28+/t31-,32?,34-,36?,37?,38+,39-,40?,41?,42+,44-,46+/m1/s1. The van der Waals surface area contributed by atoms with Crippen LogP contribution in [-0.4, -0.2) is 115 Å². The molecule has 2 aliphatic heterocycles. The molecule has 6 N–H and O–H groups in total. The van der Waals surface area contributed by atoms with Crippen molar-refractivity contribution in [2.45, 2.75) is 180 Å². The molecule has 1 saturated carbocycles. The smallest absolute Gasteiger partial charge is 0.404 e. The minimum absolute atomic E-state index is 0.0493. The zero-order chi connectivity index (χ0) is 45.1. The number of carbonyl (C=O) groups is 4. The Hall–Kier alpha value is -3.20. The number of methoxy groups -OCH3 is 2. The summed E-state index contributed by atoms with van der Waals surface area (Å²) < 4.78 is 22.9. The zero-order valence-electron chi connectivity index (χ0n) is 38.2. The Labute approximate surface area is 365 Å². The predicted octanol–water partition coefficient (Wildman–Crippen LogP) is 6.67. The maximum absolute atomic E-state index is 13.2. The fraction of sp³-hybridized carbons (Fsp3) is 0.750. The summed E-state index contributed by atoms with van der Waals surface area (Å²) in [4.78, 5) is 51.7. The number of amides is 2. The molecule has 346 valence electrons. The summed E-state index contributed by atoms with van der Waals surface area (Å²) in [5.41, 5.74) is 13.3. The number of nitrogens with zero attached hydrogens (tertiary/aromatic N) is 1. The molecule has 1 aliphatic carbocycles. The van der Waals surface area contributed by atoms with Crippen LogP contribution in [0.1, 0.15) is 131 Å². The van der Waals surface area contributed by atoms with E-state index in [1.807, 2.05) is 57.2 Å². The van der Waals surface area contributed by atoms with Gasteiger partial charge in [-0.3, -0.25) is 14.4 Å². The summed E-state index contributed by atoms with van der Waals surface area (Å²) in [6.45, 7) is 10.9. The highest BCUT2D eigenvalue weighted by atomic mass is 16.6. The molecule has 2 amide bonds. The second kappa shape index (κ2) is 27.1. The molecule has 3 fully saturated rings. The molecular weight excluding hydrogens is 779 g/mol. The van der Waals surface area contributed by atoms with Gasteiger partial charge in [0.05, 0.1) is 18.3 Å². The second-order valence-corrected chi connectivity index (χ2v) is 18.2. The highest BCUT2D eigenvalue weighted by Crippen LogP contribution is 2.31. The minimum Gasteiger partial charge on any atom is -0.446 e. The van der Waals surface area contributed by atoms with Crippen molar-refractivity contribution in [2.75, 3.05) is 27.3 Å². The number of piperidine rings is 1. The van der Waals surface area contributed by atoms with Crippen LogP contribution in [0.5, 0.6) is 0 Å². The van der Waals surface area contributed by atoms with Crippen molar-refractivity contribution in [1.29, 1.82) is 0 Å². The van der Waals surface area contributed by atoms with Crippen LogP contribution in [0.2, 0.25) is 0 Å². The van der Waals surface area contributed by atoms with Gasteiger partial charge < -0.3 is 45.5 Å². The normalized spacial score (nSPS) is 26.0. The summed E-state index contributed by atoms with van der Waals surface area (Å²) in [6, 6.07) is -0.137. The number of ether oxygens (including phenoxy) is 4. The van der Waals surface area contributed by atoms with E-state index in [1.54, 1.807) is 33.0 Å². The molecule has 0 spiro atoms. The Morgan fingerprint density at radius 1 is 0.803 bits per heavy atom. The maximum atomic E-state index is 13.2. The van der Waals surface area contributed by atoms with E-state index in [4.69, 9.17) is 30.4 Å². The lowest BCUT2D eigenvalue weighted by Gasteiger charge is -2.33. The van der Waals surface area contributed by atoms with Crippen molar-refractivity contribution in [1.82, 2.24) is 4.90 Å². The van der Waals surface area contributed by atoms with E-state index in [1.165, 1.54) is 0 Å². The SMILES string of the molecule is COC(CCC(C)/C=C(\C)[C@@H](O)[C@@H](O)C(=O)[C@H](C)C[C@H](C)/C=C/C=C/C=C(\C)[C@H](C[C@@H]1CCCC(C(=O)C(=O)N2CCCCC2)O1)OC)[C@H](N)CC1CCC(OC(N)=O)CC1. The molecule has 3 aliphatic rings. The topological polar surface area (TPSA) is 201 Å². The first-order valence-corrected chi connectivity index (χ1v) is 22.9. The van der Waals surface area contributed by atoms with Crippen LogP contribution in [0.25, 0.3) is 0 Å². The quantitative estimate of drug-likeness (QED) is 0.0459. The summed E-state index contributed by atoms with van der Waals surface area (Å²) in [5, 5.41) is 21.8. The van der Waals surface area contributed by atoms with Gasteiger partial charge >= 0.3 is 6.09 Å². The van der Waals surface area contributed by atoms with Gasteiger partial charge in [-0.15, -0.1) is 0 Å². The molecule has 3 rings (SSSR count). The molecule has 61 heavy (non-hydrogen) atoms. The molecular formula is C48H79N3O10. The Balaban J connectivity index is 1.40. The average Bonchev–Trinajstić information content (AvgIpc) is 3.24. The molecule has 13 heteroatoms. The Morgan fingerprint density at radius 2 is 1.49 bits per heavy atom. The summed E-state index contributed by atoms with van der Waals surface area (Å²) in [5.74, 6) is -1.13. The number of Topliss-reactive ketones (excluding diaryl/α,β-unsaturated/α-hetero) is 2. The van der Waals surface area contributed by atoms with E-state index in [9.17, 15) is 29.4 Å². The first-order chi connectivity index (χ1) is 29.0. The highest BCUT2D eigenvalue weighted by molar-refractivity contribution is 6.37. The molecule has 0 aromatic heterocycles. The first-order valence-electron chi connectivity index (χ1n) is 22.9. The number of likely N-dealkylation sites (tertiary alicyclic amines) is 1. The van der Waals surface area contributed by atoms with Crippen molar-refractivity contribution in [3.05, 3.63) is 47.6 Å². The van der Waals surface area contributed by atoms with E-state index in [0.717, 1.165) is 82.6 Å². The number of nitrogens with two attached hydrogens (primary N) is 2. The van der Waals surface area contributed by atoms with Crippen LogP contribution < -0.4 is 11.5 Å². The molecule has 10 atom stereocenters. The second-order valence-electron chi connectivity index (χ2n) is 18.2. The van der Waals surface area contributed by atoms with Crippen molar-refractivity contribution >= 4 is 23.6 Å². The van der Waals surface area contributed by atoms with Gasteiger partial charge in [0.2, 0.25) is 5.78 Å². The molecule has 13 nitrogen and oxygen atoms in total. The Morgan fingerprint density at radius 3 is 2.13 bits per heavy atom. The van der Waals surface area contributed by atoms with Crippen LogP contribution >= 0.6 is 0 Å².